The summed E-state index contributed by atoms with van der Waals surface area (Å²) in [6.45, 7) is 4.24. The molecule has 0 aliphatic heterocycles. The maximum atomic E-state index is 11.3. The average molecular weight is 247 g/mol. The highest BCUT2D eigenvalue weighted by molar-refractivity contribution is 5.74. The number of nitrogens with one attached hydrogen (secondary N) is 1. The summed E-state index contributed by atoms with van der Waals surface area (Å²) >= 11 is 0. The van der Waals surface area contributed by atoms with Crippen molar-refractivity contribution in [3.63, 3.8) is 0 Å². The molecule has 3 nitrogen and oxygen atoms in total. The van der Waals surface area contributed by atoms with E-state index in [1.807, 2.05) is 18.2 Å². The average Bonchev–Trinajstić information content (AvgIpc) is 3.14. The van der Waals surface area contributed by atoms with Gasteiger partial charge in [0, 0.05) is 6.04 Å². The lowest BCUT2D eigenvalue weighted by molar-refractivity contribution is -0.140. The number of hydrogen-bond acceptors (Lipinski definition) is 2. The van der Waals surface area contributed by atoms with E-state index in [1.165, 1.54) is 5.56 Å². The fourth-order valence-corrected chi connectivity index (χ4v) is 2.37. The lowest BCUT2D eigenvalue weighted by atomic mass is 9.94. The predicted molar refractivity (Wildman–Crippen MR) is 71.3 cm³/mol. The van der Waals surface area contributed by atoms with Gasteiger partial charge in [0.15, 0.2) is 0 Å². The van der Waals surface area contributed by atoms with Crippen molar-refractivity contribution in [2.24, 2.45) is 11.8 Å². The van der Waals surface area contributed by atoms with Gasteiger partial charge in [0.2, 0.25) is 0 Å². The van der Waals surface area contributed by atoms with Crippen molar-refractivity contribution in [1.82, 2.24) is 5.32 Å². The number of benzene rings is 1. The van der Waals surface area contributed by atoms with E-state index >= 15 is 0 Å². The molecule has 1 saturated carbocycles. The summed E-state index contributed by atoms with van der Waals surface area (Å²) in [7, 11) is 0. The third kappa shape index (κ3) is 3.10. The first kappa shape index (κ1) is 13.1. The number of hydrogen-bond donors (Lipinski definition) is 2. The fourth-order valence-electron chi connectivity index (χ4n) is 2.37. The molecule has 1 aliphatic carbocycles. The van der Waals surface area contributed by atoms with Gasteiger partial charge in [-0.25, -0.2) is 0 Å². The molecule has 18 heavy (non-hydrogen) atoms. The second kappa shape index (κ2) is 5.53. The van der Waals surface area contributed by atoms with Crippen molar-refractivity contribution in [3.8, 4) is 0 Å². The van der Waals surface area contributed by atoms with Gasteiger partial charge in [-0.2, -0.15) is 0 Å². The Morgan fingerprint density at radius 3 is 2.33 bits per heavy atom. The first-order valence-electron chi connectivity index (χ1n) is 6.63. The molecular weight excluding hydrogens is 226 g/mol. The van der Waals surface area contributed by atoms with E-state index < -0.39 is 12.0 Å². The van der Waals surface area contributed by atoms with Gasteiger partial charge in [-0.15, -0.1) is 0 Å². The smallest absolute Gasteiger partial charge is 0.321 e. The lowest BCUT2D eigenvalue weighted by Gasteiger charge is -2.27. The van der Waals surface area contributed by atoms with Crippen LogP contribution in [-0.2, 0) is 4.79 Å². The first-order chi connectivity index (χ1) is 8.59. The van der Waals surface area contributed by atoms with Crippen molar-refractivity contribution in [2.45, 2.75) is 38.8 Å². The molecule has 1 aliphatic rings. The van der Waals surface area contributed by atoms with Crippen molar-refractivity contribution < 1.29 is 9.90 Å². The van der Waals surface area contributed by atoms with Crippen molar-refractivity contribution >= 4 is 5.97 Å². The molecule has 0 heterocycles. The Hall–Kier alpha value is -1.35. The molecule has 98 valence electrons. The normalized spacial score (nSPS) is 18.6. The molecule has 2 N–H and O–H groups in total. The minimum absolute atomic E-state index is 0.105. The Balaban J connectivity index is 2.13. The summed E-state index contributed by atoms with van der Waals surface area (Å²) in [5, 5.41) is 12.6. The van der Waals surface area contributed by atoms with Gasteiger partial charge in [0.25, 0.3) is 0 Å². The number of carboxylic acids is 1. The second-order valence-electron chi connectivity index (χ2n) is 5.45. The molecule has 0 aromatic heterocycles. The largest absolute Gasteiger partial charge is 0.480 e. The molecule has 0 amide bonds. The standard InChI is InChI=1S/C15H21NO2/c1-10(2)13(11-6-4-3-5-7-11)16-14(15(17)18)12-8-9-12/h3-7,10,12-14,16H,8-9H2,1-2H3,(H,17,18). The minimum atomic E-state index is -0.723. The van der Waals surface area contributed by atoms with Crippen LogP contribution in [0, 0.1) is 11.8 Å². The Labute approximate surface area is 108 Å². The zero-order valence-electron chi connectivity index (χ0n) is 11.0. The Bertz CT molecular complexity index is 398. The highest BCUT2D eigenvalue weighted by Gasteiger charge is 2.37. The summed E-state index contributed by atoms with van der Waals surface area (Å²) in [6, 6.07) is 9.80. The van der Waals surface area contributed by atoms with Crippen LogP contribution in [0.5, 0.6) is 0 Å². The molecule has 0 bridgehead atoms. The SMILES string of the molecule is CC(C)C(NC(C(=O)O)C1CC1)c1ccccc1. The Kier molecular flexibility index (Phi) is 4.02. The van der Waals surface area contributed by atoms with E-state index in [-0.39, 0.29) is 6.04 Å². The van der Waals surface area contributed by atoms with Crippen LogP contribution in [0.25, 0.3) is 0 Å². The third-order valence-corrected chi connectivity index (χ3v) is 3.54. The molecule has 0 saturated heterocycles. The molecule has 1 aromatic rings. The summed E-state index contributed by atoms with van der Waals surface area (Å²) < 4.78 is 0. The number of carbonyl (C=O) groups is 1. The van der Waals surface area contributed by atoms with E-state index in [1.54, 1.807) is 0 Å². The summed E-state index contributed by atoms with van der Waals surface area (Å²) in [6.07, 6.45) is 2.06. The van der Waals surface area contributed by atoms with E-state index in [4.69, 9.17) is 0 Å². The van der Waals surface area contributed by atoms with Crippen LogP contribution >= 0.6 is 0 Å². The zero-order chi connectivity index (χ0) is 13.1. The van der Waals surface area contributed by atoms with Crippen molar-refractivity contribution in [1.29, 1.82) is 0 Å². The minimum Gasteiger partial charge on any atom is -0.480 e. The Morgan fingerprint density at radius 1 is 1.28 bits per heavy atom. The maximum absolute atomic E-state index is 11.3. The van der Waals surface area contributed by atoms with Crippen LogP contribution in [0.4, 0.5) is 0 Å². The number of rotatable bonds is 6. The van der Waals surface area contributed by atoms with Crippen molar-refractivity contribution in [2.75, 3.05) is 0 Å². The third-order valence-electron chi connectivity index (χ3n) is 3.54. The van der Waals surface area contributed by atoms with Crippen LogP contribution in [0.2, 0.25) is 0 Å². The van der Waals surface area contributed by atoms with E-state index in [0.717, 1.165) is 12.8 Å². The van der Waals surface area contributed by atoms with E-state index in [9.17, 15) is 9.90 Å². The monoisotopic (exact) mass is 247 g/mol. The molecule has 2 atom stereocenters. The van der Waals surface area contributed by atoms with Gasteiger partial charge in [-0.1, -0.05) is 44.2 Å². The van der Waals surface area contributed by atoms with Gasteiger partial charge in [0.1, 0.15) is 6.04 Å². The highest BCUT2D eigenvalue weighted by atomic mass is 16.4. The number of carboxylic acid groups (broad SMARTS) is 1. The van der Waals surface area contributed by atoms with Gasteiger partial charge >= 0.3 is 5.97 Å². The molecule has 1 aromatic carbocycles. The van der Waals surface area contributed by atoms with Gasteiger partial charge in [-0.05, 0) is 30.2 Å². The summed E-state index contributed by atoms with van der Waals surface area (Å²) in [4.78, 5) is 11.3. The Morgan fingerprint density at radius 2 is 1.89 bits per heavy atom. The quantitative estimate of drug-likeness (QED) is 0.812. The van der Waals surface area contributed by atoms with Crippen LogP contribution in [0.1, 0.15) is 38.3 Å². The lowest BCUT2D eigenvalue weighted by Crippen LogP contribution is -2.42. The summed E-state index contributed by atoms with van der Waals surface area (Å²) in [5.41, 5.74) is 1.17. The van der Waals surface area contributed by atoms with Gasteiger partial charge < -0.3 is 5.11 Å². The molecule has 0 spiro atoms. The molecule has 0 radical (unpaired) electrons. The molecular formula is C15H21NO2. The highest BCUT2D eigenvalue weighted by Crippen LogP contribution is 2.35. The van der Waals surface area contributed by atoms with Gasteiger partial charge in [0.05, 0.1) is 0 Å². The zero-order valence-corrected chi connectivity index (χ0v) is 11.0. The second-order valence-corrected chi connectivity index (χ2v) is 5.45. The van der Waals surface area contributed by atoms with E-state index in [2.05, 4.69) is 31.3 Å². The molecule has 2 rings (SSSR count). The number of aliphatic carboxylic acids is 1. The summed E-state index contributed by atoms with van der Waals surface area (Å²) in [5.74, 6) is -0.0421. The van der Waals surface area contributed by atoms with Crippen LogP contribution in [0.15, 0.2) is 30.3 Å². The van der Waals surface area contributed by atoms with Crippen LogP contribution in [-0.4, -0.2) is 17.1 Å². The molecule has 3 heteroatoms. The van der Waals surface area contributed by atoms with Crippen LogP contribution in [0.3, 0.4) is 0 Å². The van der Waals surface area contributed by atoms with Crippen LogP contribution < -0.4 is 5.32 Å². The molecule has 1 fully saturated rings. The van der Waals surface area contributed by atoms with Crippen molar-refractivity contribution in [3.05, 3.63) is 35.9 Å². The molecule has 2 unspecified atom stereocenters. The fraction of sp³-hybridized carbons (Fsp3) is 0.533. The first-order valence-corrected chi connectivity index (χ1v) is 6.63. The maximum Gasteiger partial charge on any atom is 0.321 e. The van der Waals surface area contributed by atoms with E-state index in [0.29, 0.717) is 11.8 Å². The van der Waals surface area contributed by atoms with Gasteiger partial charge in [-0.3, -0.25) is 10.1 Å². The topological polar surface area (TPSA) is 49.3 Å². The predicted octanol–water partition coefficient (Wildman–Crippen LogP) is 2.84.